The molecule has 5 aromatic heterocycles. The first-order valence-corrected chi connectivity index (χ1v) is 36.7. The van der Waals surface area contributed by atoms with E-state index >= 15 is 0 Å². The lowest BCUT2D eigenvalue weighted by Gasteiger charge is -2.21. The maximum Gasteiger partial charge on any atom is 0.165 e. The van der Waals surface area contributed by atoms with Gasteiger partial charge in [-0.1, -0.05) is 282 Å². The summed E-state index contributed by atoms with van der Waals surface area (Å²) in [5.74, 6) is 3.64. The Morgan fingerprint density at radius 3 is 1.32 bits per heavy atom. The van der Waals surface area contributed by atoms with Crippen molar-refractivity contribution in [1.29, 1.82) is 0 Å². The van der Waals surface area contributed by atoms with Gasteiger partial charge in [0.2, 0.25) is 0 Å². The highest BCUT2D eigenvalue weighted by Gasteiger charge is 2.40. The maximum absolute atomic E-state index is 5.45. The zero-order valence-corrected chi connectivity index (χ0v) is 58.8. The molecule has 9 heteroatoms. The largest absolute Gasteiger partial charge is 0.309 e. The van der Waals surface area contributed by atoms with Crippen LogP contribution in [0.15, 0.2) is 315 Å². The zero-order valence-electron chi connectivity index (χ0n) is 58.0. The first-order valence-electron chi connectivity index (χ1n) is 35.9. The van der Waals surface area contributed by atoms with Gasteiger partial charge in [-0.15, -0.1) is 11.3 Å². The minimum absolute atomic E-state index is 0.162. The average molecular weight is 1360 g/mol. The van der Waals surface area contributed by atoms with E-state index in [4.69, 9.17) is 29.9 Å². The van der Waals surface area contributed by atoms with E-state index in [1.165, 1.54) is 92.6 Å². The van der Waals surface area contributed by atoms with E-state index in [9.17, 15) is 0 Å². The molecule has 14 aromatic carbocycles. The second kappa shape index (κ2) is 23.2. The summed E-state index contributed by atoms with van der Waals surface area (Å²) in [6.07, 6.45) is 0. The van der Waals surface area contributed by atoms with Crippen LogP contribution in [0, 0.1) is 0 Å². The fourth-order valence-corrected chi connectivity index (χ4v) is 18.4. The van der Waals surface area contributed by atoms with Crippen LogP contribution in [0.1, 0.15) is 49.9 Å². The molecule has 0 spiro atoms. The van der Waals surface area contributed by atoms with E-state index < -0.39 is 0 Å². The number of nitrogens with zero attached hydrogens (tertiary/aromatic N) is 8. The first-order chi connectivity index (χ1) is 51.6. The Morgan fingerprint density at radius 2 is 0.676 bits per heavy atom. The van der Waals surface area contributed by atoms with E-state index in [2.05, 4.69) is 334 Å². The van der Waals surface area contributed by atoms with Gasteiger partial charge in [-0.05, 0) is 116 Å². The molecule has 105 heavy (non-hydrogen) atoms. The lowest BCUT2D eigenvalue weighted by molar-refractivity contribution is 0.660. The number of aromatic nitrogens is 8. The van der Waals surface area contributed by atoms with Gasteiger partial charge in [-0.3, -0.25) is 0 Å². The van der Waals surface area contributed by atoms with Crippen LogP contribution < -0.4 is 0 Å². The van der Waals surface area contributed by atoms with Crippen molar-refractivity contribution in [2.75, 3.05) is 0 Å². The normalized spacial score (nSPS) is 13.3. The Labute approximate surface area is 610 Å². The standard InChI is InChI=1S/C96H64N8S/c1-95(2)76-35-15-11-30-72(76)84-78(95)54-52-70-68-28-13-17-37-80(68)104(86(70)84)66-27-19-26-64(56-66)93-99-90(61-44-40-58(41-45-61)57-22-7-5-8-23-57)98-91(100-93)62-46-42-59(43-47-62)67-32-21-38-81-83(67)74-53-55-79-85(73-31-12-16-36-77(73)96(79,3)4)87(74)103(81)65-50-48-63(49-51-65)92-97-89(60-24-9-6-10-25-60)101-94(102-92)75-34-20-33-71-69-29-14-18-39-82(69)105-88(71)75/h5-56H,1-4H3. The van der Waals surface area contributed by atoms with Gasteiger partial charge in [0.25, 0.3) is 0 Å². The summed E-state index contributed by atoms with van der Waals surface area (Å²) in [5, 5.41) is 7.21. The van der Waals surface area contributed by atoms with E-state index in [-0.39, 0.29) is 10.8 Å². The van der Waals surface area contributed by atoms with Crippen LogP contribution in [0.3, 0.4) is 0 Å². The molecule has 0 atom stereocenters. The molecule has 5 heterocycles. The zero-order chi connectivity index (χ0) is 69.8. The molecule has 0 N–H and O–H groups in total. The quantitative estimate of drug-likeness (QED) is 0.136. The molecule has 19 aromatic rings. The predicted molar refractivity (Wildman–Crippen MR) is 433 cm³/mol. The van der Waals surface area contributed by atoms with Crippen LogP contribution in [0.5, 0.6) is 0 Å². The fourth-order valence-electron chi connectivity index (χ4n) is 17.2. The van der Waals surface area contributed by atoms with Crippen molar-refractivity contribution in [3.63, 3.8) is 0 Å². The van der Waals surface area contributed by atoms with Gasteiger partial charge in [0.15, 0.2) is 34.9 Å². The van der Waals surface area contributed by atoms with Crippen LogP contribution in [0.25, 0.3) is 188 Å². The number of benzene rings is 14. The molecular formula is C96H64N8S. The minimum atomic E-state index is -0.225. The average Bonchev–Trinajstić information content (AvgIpc) is 1.54. The van der Waals surface area contributed by atoms with Gasteiger partial charge >= 0.3 is 0 Å². The third-order valence-electron chi connectivity index (χ3n) is 22.3. The lowest BCUT2D eigenvalue weighted by Crippen LogP contribution is -2.14. The van der Waals surface area contributed by atoms with Crippen molar-refractivity contribution in [3.8, 4) is 124 Å². The van der Waals surface area contributed by atoms with E-state index in [1.54, 1.807) is 11.3 Å². The van der Waals surface area contributed by atoms with Gasteiger partial charge in [0.05, 0.1) is 22.1 Å². The van der Waals surface area contributed by atoms with E-state index in [1.807, 2.05) is 18.2 Å². The molecule has 0 amide bonds. The second-order valence-electron chi connectivity index (χ2n) is 28.9. The van der Waals surface area contributed by atoms with Gasteiger partial charge in [-0.25, -0.2) is 29.9 Å². The molecular weight excluding hydrogens is 1300 g/mol. The second-order valence-corrected chi connectivity index (χ2v) is 29.9. The Kier molecular flexibility index (Phi) is 13.4. The maximum atomic E-state index is 5.45. The van der Waals surface area contributed by atoms with Crippen LogP contribution in [0.2, 0.25) is 0 Å². The third-order valence-corrected chi connectivity index (χ3v) is 23.5. The van der Waals surface area contributed by atoms with Crippen molar-refractivity contribution in [2.45, 2.75) is 38.5 Å². The summed E-state index contributed by atoms with van der Waals surface area (Å²) in [4.78, 5) is 32.0. The monoisotopic (exact) mass is 1360 g/mol. The highest BCUT2D eigenvalue weighted by Crippen LogP contribution is 2.56. The number of hydrogen-bond acceptors (Lipinski definition) is 7. The number of fused-ring (bicyclic) bond motifs is 17. The van der Waals surface area contributed by atoms with Crippen LogP contribution >= 0.6 is 11.3 Å². The van der Waals surface area contributed by atoms with Gasteiger partial charge in [-0.2, -0.15) is 0 Å². The lowest BCUT2D eigenvalue weighted by atomic mass is 9.82. The molecule has 0 saturated heterocycles. The number of rotatable bonds is 10. The summed E-state index contributed by atoms with van der Waals surface area (Å²) >= 11 is 1.78. The summed E-state index contributed by atoms with van der Waals surface area (Å²) < 4.78 is 7.34. The minimum Gasteiger partial charge on any atom is -0.309 e. The Hall–Kier alpha value is -13.1. The molecule has 0 unspecified atom stereocenters. The highest BCUT2D eigenvalue weighted by molar-refractivity contribution is 7.26. The highest BCUT2D eigenvalue weighted by atomic mass is 32.1. The molecule has 0 fully saturated rings. The number of hydrogen-bond donors (Lipinski definition) is 0. The first kappa shape index (κ1) is 60.7. The number of para-hydroxylation sites is 1. The summed E-state index contributed by atoms with van der Waals surface area (Å²) in [6, 6.07) is 114. The smallest absolute Gasteiger partial charge is 0.165 e. The van der Waals surface area contributed by atoms with Crippen LogP contribution in [-0.4, -0.2) is 39.0 Å². The SMILES string of the molecule is CC1(C)c2ccccc2-c2c1ccc1c3ccccc3n(-c3cccc(-c4nc(-c5ccc(-c6ccccc6)cc5)nc(-c5ccc(-c6cccc7c6c6ccc8c(c6n7-c6ccc(-c7nc(-c9ccccc9)nc(-c9cccc%10c9sc9ccccc9%10)n7)cc6)-c6ccccc6C8(C)C)cc5)n4)c3)c21. The van der Waals surface area contributed by atoms with E-state index in [0.29, 0.717) is 34.9 Å². The van der Waals surface area contributed by atoms with Crippen molar-refractivity contribution < 1.29 is 0 Å². The molecule has 2 aliphatic carbocycles. The van der Waals surface area contributed by atoms with Crippen LogP contribution in [-0.2, 0) is 10.8 Å². The topological polar surface area (TPSA) is 87.2 Å². The van der Waals surface area contributed by atoms with Gasteiger partial charge in [0, 0.05) is 108 Å². The molecule has 0 aliphatic heterocycles. The van der Waals surface area contributed by atoms with E-state index in [0.717, 1.165) is 82.7 Å². The number of thiophene rings is 1. The Balaban J connectivity index is 0.701. The summed E-state index contributed by atoms with van der Waals surface area (Å²) in [7, 11) is 0. The molecule has 0 bridgehead atoms. The molecule has 0 saturated carbocycles. The molecule has 21 rings (SSSR count). The molecule has 8 nitrogen and oxygen atoms in total. The third kappa shape index (κ3) is 9.37. The van der Waals surface area contributed by atoms with Gasteiger partial charge < -0.3 is 9.13 Å². The Morgan fingerprint density at radius 1 is 0.257 bits per heavy atom. The molecule has 0 radical (unpaired) electrons. The molecule has 494 valence electrons. The van der Waals surface area contributed by atoms with Crippen molar-refractivity contribution in [2.24, 2.45) is 0 Å². The van der Waals surface area contributed by atoms with Crippen molar-refractivity contribution in [3.05, 3.63) is 338 Å². The summed E-state index contributed by atoms with van der Waals surface area (Å²) in [5.41, 5.74) is 26.6. The van der Waals surface area contributed by atoms with Gasteiger partial charge in [0.1, 0.15) is 0 Å². The van der Waals surface area contributed by atoms with Crippen molar-refractivity contribution in [1.82, 2.24) is 39.0 Å². The van der Waals surface area contributed by atoms with Crippen molar-refractivity contribution >= 4 is 75.1 Å². The Bertz CT molecular complexity index is 6800. The molecule has 2 aliphatic rings. The summed E-state index contributed by atoms with van der Waals surface area (Å²) in [6.45, 7) is 9.43. The van der Waals surface area contributed by atoms with Crippen LogP contribution in [0.4, 0.5) is 0 Å². The fraction of sp³-hybridized carbons (Fsp3) is 0.0625. The predicted octanol–water partition coefficient (Wildman–Crippen LogP) is 24.6.